The van der Waals surface area contributed by atoms with E-state index in [4.69, 9.17) is 0 Å². The first-order chi connectivity index (χ1) is 9.93. The van der Waals surface area contributed by atoms with E-state index in [2.05, 4.69) is 59.9 Å². The largest absolute Gasteiger partial charge is 0.316 e. The first-order valence-electron chi connectivity index (χ1n) is 7.40. The van der Waals surface area contributed by atoms with Gasteiger partial charge in [0.2, 0.25) is 0 Å². The molecule has 0 aromatic heterocycles. The zero-order valence-electron chi connectivity index (χ0n) is 11.7. The number of thioether (sulfide) groups is 1. The Bertz CT molecular complexity index is 538. The molecule has 0 saturated heterocycles. The molecular weight excluding hydrogens is 262 g/mol. The van der Waals surface area contributed by atoms with Gasteiger partial charge in [0.1, 0.15) is 0 Å². The molecule has 2 aromatic rings. The van der Waals surface area contributed by atoms with E-state index in [-0.39, 0.29) is 0 Å². The van der Waals surface area contributed by atoms with Crippen LogP contribution in [0.2, 0.25) is 0 Å². The molecule has 0 radical (unpaired) electrons. The molecule has 3 rings (SSSR count). The molecule has 0 spiro atoms. The van der Waals surface area contributed by atoms with Crippen molar-refractivity contribution in [3.8, 4) is 0 Å². The Morgan fingerprint density at radius 3 is 2.70 bits per heavy atom. The van der Waals surface area contributed by atoms with Crippen LogP contribution in [0.4, 0.5) is 0 Å². The van der Waals surface area contributed by atoms with Crippen LogP contribution >= 0.6 is 11.8 Å². The van der Waals surface area contributed by atoms with E-state index < -0.39 is 0 Å². The number of benzene rings is 2. The van der Waals surface area contributed by atoms with Crippen LogP contribution in [0.25, 0.3) is 0 Å². The molecule has 0 fully saturated rings. The number of aryl methyl sites for hydroxylation is 1. The molecule has 1 unspecified atom stereocenters. The van der Waals surface area contributed by atoms with Crippen molar-refractivity contribution in [3.63, 3.8) is 0 Å². The molecule has 1 aliphatic rings. The van der Waals surface area contributed by atoms with Crippen LogP contribution in [-0.2, 0) is 6.42 Å². The molecule has 1 aliphatic heterocycles. The minimum absolute atomic E-state index is 0.688. The maximum atomic E-state index is 3.63. The fourth-order valence-corrected chi connectivity index (χ4v) is 3.99. The SMILES string of the molecule is c1ccc(CCCNCC2CSc3ccccc32)cc1. The lowest BCUT2D eigenvalue weighted by molar-refractivity contribution is 0.601. The molecule has 0 amide bonds. The summed E-state index contributed by atoms with van der Waals surface area (Å²) in [4.78, 5) is 1.48. The van der Waals surface area contributed by atoms with Gasteiger partial charge in [0, 0.05) is 23.1 Å². The van der Waals surface area contributed by atoms with E-state index in [0.29, 0.717) is 5.92 Å². The Kier molecular flexibility index (Phi) is 4.77. The highest BCUT2D eigenvalue weighted by Gasteiger charge is 2.21. The molecule has 2 heteroatoms. The fourth-order valence-electron chi connectivity index (χ4n) is 2.74. The predicted molar refractivity (Wildman–Crippen MR) is 87.5 cm³/mol. The van der Waals surface area contributed by atoms with Gasteiger partial charge in [-0.2, -0.15) is 0 Å². The van der Waals surface area contributed by atoms with Crippen LogP contribution < -0.4 is 5.32 Å². The van der Waals surface area contributed by atoms with Crippen LogP contribution in [0, 0.1) is 0 Å². The van der Waals surface area contributed by atoms with Crippen molar-refractivity contribution in [2.75, 3.05) is 18.8 Å². The van der Waals surface area contributed by atoms with Gasteiger partial charge >= 0.3 is 0 Å². The smallest absolute Gasteiger partial charge is 0.0108 e. The summed E-state index contributed by atoms with van der Waals surface area (Å²) in [5.41, 5.74) is 2.98. The quantitative estimate of drug-likeness (QED) is 0.801. The van der Waals surface area contributed by atoms with Gasteiger partial charge in [-0.15, -0.1) is 11.8 Å². The van der Waals surface area contributed by atoms with Gasteiger partial charge in [0.05, 0.1) is 0 Å². The highest BCUT2D eigenvalue weighted by Crippen LogP contribution is 2.38. The molecule has 1 nitrogen and oxygen atoms in total. The van der Waals surface area contributed by atoms with E-state index in [9.17, 15) is 0 Å². The standard InChI is InChI=1S/C18H21NS/c1-2-7-15(8-3-1)9-6-12-19-13-16-14-20-18-11-5-4-10-17(16)18/h1-5,7-8,10-11,16,19H,6,9,12-14H2. The lowest BCUT2D eigenvalue weighted by Gasteiger charge is -2.12. The van der Waals surface area contributed by atoms with Crippen LogP contribution in [0.3, 0.4) is 0 Å². The monoisotopic (exact) mass is 283 g/mol. The number of hydrogen-bond acceptors (Lipinski definition) is 2. The van der Waals surface area contributed by atoms with E-state index >= 15 is 0 Å². The highest BCUT2D eigenvalue weighted by atomic mass is 32.2. The maximum absolute atomic E-state index is 3.63. The normalized spacial score (nSPS) is 17.1. The molecule has 2 aromatic carbocycles. The Hall–Kier alpha value is -1.25. The van der Waals surface area contributed by atoms with Gasteiger partial charge in [0.15, 0.2) is 0 Å². The third-order valence-electron chi connectivity index (χ3n) is 3.85. The summed E-state index contributed by atoms with van der Waals surface area (Å²) in [6.07, 6.45) is 2.38. The zero-order valence-corrected chi connectivity index (χ0v) is 12.5. The van der Waals surface area contributed by atoms with E-state index in [1.807, 2.05) is 11.8 Å². The molecule has 1 atom stereocenters. The van der Waals surface area contributed by atoms with E-state index in [1.54, 1.807) is 0 Å². The van der Waals surface area contributed by atoms with Crippen molar-refractivity contribution < 1.29 is 0 Å². The Morgan fingerprint density at radius 1 is 1.00 bits per heavy atom. The van der Waals surface area contributed by atoms with Crippen molar-refractivity contribution >= 4 is 11.8 Å². The fraction of sp³-hybridized carbons (Fsp3) is 0.333. The summed E-state index contributed by atoms with van der Waals surface area (Å²) >= 11 is 2.00. The first-order valence-corrected chi connectivity index (χ1v) is 8.38. The number of hydrogen-bond donors (Lipinski definition) is 1. The maximum Gasteiger partial charge on any atom is 0.0108 e. The third kappa shape index (κ3) is 3.44. The summed E-state index contributed by atoms with van der Waals surface area (Å²) in [5, 5.41) is 3.63. The van der Waals surface area contributed by atoms with Crippen molar-refractivity contribution in [1.82, 2.24) is 5.32 Å². The molecule has 0 bridgehead atoms. The molecule has 1 N–H and O–H groups in total. The van der Waals surface area contributed by atoms with Gasteiger partial charge in [-0.25, -0.2) is 0 Å². The van der Waals surface area contributed by atoms with E-state index in [0.717, 1.165) is 13.1 Å². The Labute approximate surface area is 125 Å². The summed E-state index contributed by atoms with van der Waals surface area (Å²) < 4.78 is 0. The highest BCUT2D eigenvalue weighted by molar-refractivity contribution is 7.99. The van der Waals surface area contributed by atoms with Crippen LogP contribution in [0.1, 0.15) is 23.5 Å². The second kappa shape index (κ2) is 6.96. The summed E-state index contributed by atoms with van der Waals surface area (Å²) in [7, 11) is 0. The Balaban J connectivity index is 1.39. The lowest BCUT2D eigenvalue weighted by Crippen LogP contribution is -2.23. The molecular formula is C18H21NS. The van der Waals surface area contributed by atoms with Crippen molar-refractivity contribution in [2.45, 2.75) is 23.7 Å². The number of nitrogens with one attached hydrogen (secondary N) is 1. The zero-order chi connectivity index (χ0) is 13.6. The van der Waals surface area contributed by atoms with Gasteiger partial charge in [-0.3, -0.25) is 0 Å². The van der Waals surface area contributed by atoms with Crippen LogP contribution in [0.15, 0.2) is 59.5 Å². The summed E-state index contributed by atoms with van der Waals surface area (Å²) in [6, 6.07) is 19.6. The third-order valence-corrected chi connectivity index (χ3v) is 5.10. The van der Waals surface area contributed by atoms with Crippen molar-refractivity contribution in [3.05, 3.63) is 65.7 Å². The molecule has 20 heavy (non-hydrogen) atoms. The molecule has 104 valence electrons. The number of rotatable bonds is 6. The number of fused-ring (bicyclic) bond motifs is 1. The van der Waals surface area contributed by atoms with Crippen molar-refractivity contribution in [1.29, 1.82) is 0 Å². The minimum Gasteiger partial charge on any atom is -0.316 e. The Morgan fingerprint density at radius 2 is 1.80 bits per heavy atom. The van der Waals surface area contributed by atoms with Gasteiger partial charge in [-0.05, 0) is 36.6 Å². The average Bonchev–Trinajstić information content (AvgIpc) is 2.91. The molecule has 0 saturated carbocycles. The predicted octanol–water partition coefficient (Wildman–Crippen LogP) is 4.10. The second-order valence-electron chi connectivity index (χ2n) is 5.34. The first kappa shape index (κ1) is 13.7. The van der Waals surface area contributed by atoms with Crippen LogP contribution in [0.5, 0.6) is 0 Å². The molecule has 1 heterocycles. The van der Waals surface area contributed by atoms with E-state index in [1.165, 1.54) is 34.6 Å². The lowest BCUT2D eigenvalue weighted by atomic mass is 10.0. The summed E-state index contributed by atoms with van der Waals surface area (Å²) in [5.74, 6) is 1.92. The van der Waals surface area contributed by atoms with Gasteiger partial charge < -0.3 is 5.32 Å². The minimum atomic E-state index is 0.688. The second-order valence-corrected chi connectivity index (χ2v) is 6.40. The van der Waals surface area contributed by atoms with Gasteiger partial charge in [0.25, 0.3) is 0 Å². The molecule has 0 aliphatic carbocycles. The van der Waals surface area contributed by atoms with Gasteiger partial charge in [-0.1, -0.05) is 48.5 Å². The topological polar surface area (TPSA) is 12.0 Å². The average molecular weight is 283 g/mol. The summed E-state index contributed by atoms with van der Waals surface area (Å²) in [6.45, 7) is 2.22. The van der Waals surface area contributed by atoms with Crippen LogP contribution in [-0.4, -0.2) is 18.8 Å². The van der Waals surface area contributed by atoms with Crippen molar-refractivity contribution in [2.24, 2.45) is 0 Å².